The number of nitrogens with zero attached hydrogens (tertiary/aromatic N) is 2. The highest BCUT2D eigenvalue weighted by molar-refractivity contribution is 5.86. The van der Waals surface area contributed by atoms with Crippen molar-refractivity contribution in [3.8, 4) is 0 Å². The molecule has 0 radical (unpaired) electrons. The third-order valence-corrected chi connectivity index (χ3v) is 4.93. The molecule has 1 atom stereocenters. The number of carbonyl (C=O) groups excluding carboxylic acids is 1. The molecule has 0 aliphatic carbocycles. The summed E-state index contributed by atoms with van der Waals surface area (Å²) in [6.07, 6.45) is 5.12. The number of fused-ring (bicyclic) bond motifs is 1. The van der Waals surface area contributed by atoms with Crippen molar-refractivity contribution in [3.05, 3.63) is 17.7 Å². The zero-order valence-corrected chi connectivity index (χ0v) is 16.8. The molecule has 1 aromatic rings. The predicted molar refractivity (Wildman–Crippen MR) is 103 cm³/mol. The zero-order valence-electron chi connectivity index (χ0n) is 15.2. The van der Waals surface area contributed by atoms with Crippen LogP contribution in [0.15, 0.2) is 6.20 Å². The molecular formula is C17H30Cl2N4O2. The fourth-order valence-corrected chi connectivity index (χ4v) is 3.21. The summed E-state index contributed by atoms with van der Waals surface area (Å²) >= 11 is 0. The second kappa shape index (κ2) is 8.25. The molecule has 0 spiro atoms. The molecule has 1 saturated heterocycles. The van der Waals surface area contributed by atoms with Gasteiger partial charge in [-0.2, -0.15) is 0 Å². The maximum absolute atomic E-state index is 12.5. The fourth-order valence-electron chi connectivity index (χ4n) is 3.21. The lowest BCUT2D eigenvalue weighted by molar-refractivity contribution is -0.130. The summed E-state index contributed by atoms with van der Waals surface area (Å²) in [5.74, 6) is 1.08. The van der Waals surface area contributed by atoms with E-state index in [2.05, 4.69) is 36.9 Å². The number of aryl methyl sites for hydroxylation is 1. The van der Waals surface area contributed by atoms with E-state index in [0.29, 0.717) is 26.1 Å². The molecule has 0 aromatic carbocycles. The van der Waals surface area contributed by atoms with Crippen molar-refractivity contribution in [1.82, 2.24) is 14.9 Å². The normalized spacial score (nSPS) is 22.2. The van der Waals surface area contributed by atoms with Gasteiger partial charge in [-0.1, -0.05) is 20.8 Å². The molecular weight excluding hydrogens is 363 g/mol. The molecule has 6 nitrogen and oxygen atoms in total. The van der Waals surface area contributed by atoms with Crippen LogP contribution in [0.2, 0.25) is 0 Å². The number of hydrogen-bond donors (Lipinski definition) is 2. The van der Waals surface area contributed by atoms with Crippen LogP contribution < -0.4 is 11.1 Å². The molecule has 1 fully saturated rings. The van der Waals surface area contributed by atoms with Crippen LogP contribution in [0.4, 0.5) is 0 Å². The van der Waals surface area contributed by atoms with Crippen molar-refractivity contribution >= 4 is 30.7 Å². The van der Waals surface area contributed by atoms with E-state index in [0.717, 1.165) is 30.9 Å². The number of hydrogen-bond acceptors (Lipinski definition) is 4. The van der Waals surface area contributed by atoms with E-state index in [4.69, 9.17) is 15.5 Å². The number of carbonyl (C=O) groups is 1. The number of ether oxygens (including phenoxy) is 1. The van der Waals surface area contributed by atoms with E-state index in [9.17, 15) is 4.79 Å². The topological polar surface area (TPSA) is 82.2 Å². The number of nitrogens with two attached hydrogens (primary N) is 1. The maximum atomic E-state index is 12.5. The fraction of sp³-hybridized carbons (Fsp3) is 0.765. The molecule has 1 aromatic heterocycles. The smallest absolute Gasteiger partial charge is 0.240 e. The Morgan fingerprint density at radius 3 is 2.60 bits per heavy atom. The van der Waals surface area contributed by atoms with Crippen LogP contribution in [0.5, 0.6) is 0 Å². The molecule has 8 heteroatoms. The zero-order chi connectivity index (χ0) is 16.7. The van der Waals surface area contributed by atoms with Gasteiger partial charge in [-0.25, -0.2) is 4.98 Å². The van der Waals surface area contributed by atoms with Crippen LogP contribution in [-0.2, 0) is 27.9 Å². The molecule has 1 unspecified atom stereocenters. The van der Waals surface area contributed by atoms with Gasteiger partial charge in [0.2, 0.25) is 5.91 Å². The molecule has 2 aliphatic heterocycles. The standard InChI is InChI=1S/C17H28N4O2.2ClH/c1-16(2,3)13-11-21-10-12(4-5-14(21)20-13)19-15(22)17(18)6-8-23-9-7-17;;/h11-12H,4-10,18H2,1-3H3,(H,19,22);2*1H. The average molecular weight is 393 g/mol. The van der Waals surface area contributed by atoms with E-state index < -0.39 is 5.54 Å². The summed E-state index contributed by atoms with van der Waals surface area (Å²) < 4.78 is 7.50. The third-order valence-electron chi connectivity index (χ3n) is 4.93. The summed E-state index contributed by atoms with van der Waals surface area (Å²) in [5.41, 5.74) is 6.65. The van der Waals surface area contributed by atoms with Gasteiger partial charge in [0, 0.05) is 43.8 Å². The predicted octanol–water partition coefficient (Wildman–Crippen LogP) is 1.96. The lowest BCUT2D eigenvalue weighted by Gasteiger charge is -2.34. The largest absolute Gasteiger partial charge is 0.381 e. The highest BCUT2D eigenvalue weighted by Gasteiger charge is 2.37. The van der Waals surface area contributed by atoms with Gasteiger partial charge in [0.1, 0.15) is 5.82 Å². The van der Waals surface area contributed by atoms with Gasteiger partial charge in [0.15, 0.2) is 0 Å². The summed E-state index contributed by atoms with van der Waals surface area (Å²) in [7, 11) is 0. The van der Waals surface area contributed by atoms with E-state index in [1.165, 1.54) is 0 Å². The first-order valence-corrected chi connectivity index (χ1v) is 8.52. The minimum Gasteiger partial charge on any atom is -0.381 e. The SMILES string of the molecule is CC(C)(C)c1cn2c(n1)CCC(NC(=O)C1(N)CCOCC1)C2.Cl.Cl. The number of imidazole rings is 1. The molecule has 2 aliphatic rings. The van der Waals surface area contributed by atoms with Crippen molar-refractivity contribution in [2.45, 2.75) is 70.0 Å². The monoisotopic (exact) mass is 392 g/mol. The Kier molecular flexibility index (Phi) is 7.33. The van der Waals surface area contributed by atoms with E-state index in [-0.39, 0.29) is 42.2 Å². The van der Waals surface area contributed by atoms with E-state index >= 15 is 0 Å². The Hall–Kier alpha value is -0.820. The second-order valence-electron chi connectivity index (χ2n) is 7.92. The van der Waals surface area contributed by atoms with Gasteiger partial charge in [-0.15, -0.1) is 24.8 Å². The summed E-state index contributed by atoms with van der Waals surface area (Å²) in [6, 6.07) is 0.125. The summed E-state index contributed by atoms with van der Waals surface area (Å²) in [4.78, 5) is 17.3. The Morgan fingerprint density at radius 2 is 2.00 bits per heavy atom. The van der Waals surface area contributed by atoms with Gasteiger partial charge in [-0.05, 0) is 19.3 Å². The van der Waals surface area contributed by atoms with Crippen LogP contribution in [0, 0.1) is 0 Å². The molecule has 0 bridgehead atoms. The number of aromatic nitrogens is 2. The van der Waals surface area contributed by atoms with Crippen molar-refractivity contribution in [2.75, 3.05) is 13.2 Å². The number of rotatable bonds is 2. The third kappa shape index (κ3) is 4.88. The minimum absolute atomic E-state index is 0. The molecule has 3 heterocycles. The number of amides is 1. The molecule has 1 amide bonds. The van der Waals surface area contributed by atoms with Gasteiger partial charge >= 0.3 is 0 Å². The maximum Gasteiger partial charge on any atom is 0.240 e. The minimum atomic E-state index is -0.774. The lowest BCUT2D eigenvalue weighted by atomic mass is 9.89. The van der Waals surface area contributed by atoms with Crippen LogP contribution in [0.3, 0.4) is 0 Å². The van der Waals surface area contributed by atoms with Crippen LogP contribution in [0.1, 0.15) is 51.6 Å². The van der Waals surface area contributed by atoms with E-state index in [1.807, 2.05) is 0 Å². The van der Waals surface area contributed by atoms with Gasteiger partial charge < -0.3 is 20.4 Å². The highest BCUT2D eigenvalue weighted by Crippen LogP contribution is 2.25. The molecule has 144 valence electrons. The van der Waals surface area contributed by atoms with Crippen LogP contribution in [-0.4, -0.2) is 40.3 Å². The van der Waals surface area contributed by atoms with Gasteiger partial charge in [-0.3, -0.25) is 4.79 Å². The molecule has 0 saturated carbocycles. The van der Waals surface area contributed by atoms with Crippen molar-refractivity contribution < 1.29 is 9.53 Å². The van der Waals surface area contributed by atoms with Crippen LogP contribution >= 0.6 is 24.8 Å². The Morgan fingerprint density at radius 1 is 1.36 bits per heavy atom. The second-order valence-corrected chi connectivity index (χ2v) is 7.92. The Labute approximate surface area is 162 Å². The van der Waals surface area contributed by atoms with E-state index in [1.54, 1.807) is 0 Å². The number of halogens is 2. The first-order valence-electron chi connectivity index (χ1n) is 8.52. The van der Waals surface area contributed by atoms with Crippen molar-refractivity contribution in [1.29, 1.82) is 0 Å². The average Bonchev–Trinajstić information content (AvgIpc) is 2.91. The number of nitrogens with one attached hydrogen (secondary N) is 1. The first kappa shape index (κ1) is 22.2. The first-order chi connectivity index (χ1) is 10.8. The molecule has 3 N–H and O–H groups in total. The summed E-state index contributed by atoms with van der Waals surface area (Å²) in [5, 5.41) is 3.15. The van der Waals surface area contributed by atoms with Gasteiger partial charge in [0.05, 0.1) is 11.2 Å². The summed E-state index contributed by atoms with van der Waals surface area (Å²) in [6.45, 7) is 8.42. The molecule has 25 heavy (non-hydrogen) atoms. The van der Waals surface area contributed by atoms with Crippen molar-refractivity contribution in [3.63, 3.8) is 0 Å². The highest BCUT2D eigenvalue weighted by atomic mass is 35.5. The van der Waals surface area contributed by atoms with Gasteiger partial charge in [0.25, 0.3) is 0 Å². The quantitative estimate of drug-likeness (QED) is 0.805. The Balaban J connectivity index is 0.00000156. The Bertz CT molecular complexity index is 592. The lowest BCUT2D eigenvalue weighted by Crippen LogP contribution is -2.59. The van der Waals surface area contributed by atoms with Crippen LogP contribution in [0.25, 0.3) is 0 Å². The molecule has 3 rings (SSSR count). The van der Waals surface area contributed by atoms with Crippen molar-refractivity contribution in [2.24, 2.45) is 5.73 Å².